The molecule has 1 saturated heterocycles. The van der Waals surface area contributed by atoms with Crippen LogP contribution in [0, 0.1) is 5.92 Å². The maximum atomic E-state index is 10.8. The fraction of sp³-hybridized carbons (Fsp3) is 0.688. The largest absolute Gasteiger partial charge is 0.390 e. The van der Waals surface area contributed by atoms with Gasteiger partial charge >= 0.3 is 0 Å². The number of hydrogen-bond donors (Lipinski definition) is 2. The Morgan fingerprint density at radius 1 is 1.40 bits per heavy atom. The van der Waals surface area contributed by atoms with Gasteiger partial charge in [0, 0.05) is 31.7 Å². The standard InChI is InChI=1S/C16H25N3O/c17-11-15(14-6-2-4-9-18-14)19-10-8-16(20)7-3-1-5-13(16)12-19/h2,4,6,9,13,15,20H,1,3,5,7-8,10-12,17H2. The van der Waals surface area contributed by atoms with Gasteiger partial charge in [-0.25, -0.2) is 0 Å². The van der Waals surface area contributed by atoms with E-state index in [1.165, 1.54) is 12.8 Å². The van der Waals surface area contributed by atoms with E-state index in [0.717, 1.165) is 38.0 Å². The van der Waals surface area contributed by atoms with Gasteiger partial charge < -0.3 is 10.8 Å². The SMILES string of the molecule is NCC(c1ccccn1)N1CCC2(O)CCCCC2C1. The number of likely N-dealkylation sites (tertiary alicyclic amines) is 1. The molecule has 3 unspecified atom stereocenters. The lowest BCUT2D eigenvalue weighted by Gasteiger charge is -2.49. The third-order valence-corrected chi connectivity index (χ3v) is 5.15. The molecule has 1 aliphatic carbocycles. The Balaban J connectivity index is 1.74. The van der Waals surface area contributed by atoms with E-state index in [-0.39, 0.29) is 6.04 Å². The van der Waals surface area contributed by atoms with Crippen LogP contribution in [0.4, 0.5) is 0 Å². The molecule has 1 aromatic heterocycles. The molecule has 4 heteroatoms. The monoisotopic (exact) mass is 275 g/mol. The van der Waals surface area contributed by atoms with E-state index < -0.39 is 5.60 Å². The highest BCUT2D eigenvalue weighted by molar-refractivity contribution is 5.11. The van der Waals surface area contributed by atoms with Gasteiger partial charge in [-0.3, -0.25) is 9.88 Å². The Kier molecular flexibility index (Phi) is 4.06. The number of pyridine rings is 1. The summed E-state index contributed by atoms with van der Waals surface area (Å²) in [6, 6.07) is 6.20. The van der Waals surface area contributed by atoms with Crippen molar-refractivity contribution in [3.05, 3.63) is 30.1 Å². The fourth-order valence-corrected chi connectivity index (χ4v) is 3.91. The Morgan fingerprint density at radius 2 is 2.30 bits per heavy atom. The van der Waals surface area contributed by atoms with Crippen molar-refractivity contribution in [2.45, 2.75) is 43.7 Å². The van der Waals surface area contributed by atoms with Crippen LogP contribution in [0.1, 0.15) is 43.8 Å². The summed E-state index contributed by atoms with van der Waals surface area (Å²) in [6.45, 7) is 2.46. The van der Waals surface area contributed by atoms with Crippen LogP contribution in [-0.2, 0) is 0 Å². The Morgan fingerprint density at radius 3 is 3.05 bits per heavy atom. The van der Waals surface area contributed by atoms with Gasteiger partial charge in [0.1, 0.15) is 0 Å². The first-order valence-electron chi connectivity index (χ1n) is 7.80. The van der Waals surface area contributed by atoms with E-state index >= 15 is 0 Å². The second kappa shape index (κ2) is 5.80. The molecular formula is C16H25N3O. The van der Waals surface area contributed by atoms with Crippen molar-refractivity contribution in [1.29, 1.82) is 0 Å². The molecular weight excluding hydrogens is 250 g/mol. The smallest absolute Gasteiger partial charge is 0.0700 e. The lowest BCUT2D eigenvalue weighted by atomic mass is 9.71. The molecule has 3 atom stereocenters. The van der Waals surface area contributed by atoms with Crippen LogP contribution in [0.15, 0.2) is 24.4 Å². The van der Waals surface area contributed by atoms with Gasteiger partial charge in [0.05, 0.1) is 17.3 Å². The minimum absolute atomic E-state index is 0.183. The van der Waals surface area contributed by atoms with Gasteiger partial charge in [-0.1, -0.05) is 18.9 Å². The van der Waals surface area contributed by atoms with E-state index in [9.17, 15) is 5.11 Å². The summed E-state index contributed by atoms with van der Waals surface area (Å²) >= 11 is 0. The Hall–Kier alpha value is -0.970. The molecule has 0 radical (unpaired) electrons. The van der Waals surface area contributed by atoms with Crippen LogP contribution >= 0.6 is 0 Å². The highest BCUT2D eigenvalue weighted by atomic mass is 16.3. The second-order valence-electron chi connectivity index (χ2n) is 6.30. The van der Waals surface area contributed by atoms with Crippen LogP contribution < -0.4 is 5.73 Å². The number of nitrogens with zero attached hydrogens (tertiary/aromatic N) is 2. The summed E-state index contributed by atoms with van der Waals surface area (Å²) in [5, 5.41) is 10.8. The van der Waals surface area contributed by atoms with E-state index in [1.54, 1.807) is 0 Å². The maximum Gasteiger partial charge on any atom is 0.0700 e. The lowest BCUT2D eigenvalue weighted by molar-refractivity contribution is -0.102. The summed E-state index contributed by atoms with van der Waals surface area (Å²) in [4.78, 5) is 6.89. The molecule has 0 bridgehead atoms. The van der Waals surface area contributed by atoms with Gasteiger partial charge in [-0.15, -0.1) is 0 Å². The molecule has 0 spiro atoms. The van der Waals surface area contributed by atoms with E-state index in [0.29, 0.717) is 12.5 Å². The van der Waals surface area contributed by atoms with Crippen molar-refractivity contribution < 1.29 is 5.11 Å². The molecule has 2 aliphatic rings. The summed E-state index contributed by atoms with van der Waals surface area (Å²) < 4.78 is 0. The molecule has 4 nitrogen and oxygen atoms in total. The van der Waals surface area contributed by atoms with Crippen LogP contribution in [0.2, 0.25) is 0 Å². The predicted molar refractivity (Wildman–Crippen MR) is 79.1 cm³/mol. The maximum absolute atomic E-state index is 10.8. The third-order valence-electron chi connectivity index (χ3n) is 5.15. The van der Waals surface area contributed by atoms with Crippen molar-refractivity contribution in [2.24, 2.45) is 11.7 Å². The Bertz CT molecular complexity index is 439. The average molecular weight is 275 g/mol. The van der Waals surface area contributed by atoms with Crippen LogP contribution in [0.25, 0.3) is 0 Å². The predicted octanol–water partition coefficient (Wildman–Crippen LogP) is 1.71. The molecule has 2 heterocycles. The number of fused-ring (bicyclic) bond motifs is 1. The topological polar surface area (TPSA) is 62.4 Å². The second-order valence-corrected chi connectivity index (χ2v) is 6.30. The Labute approximate surface area is 121 Å². The first kappa shape index (κ1) is 14.0. The quantitative estimate of drug-likeness (QED) is 0.881. The van der Waals surface area contributed by atoms with Crippen LogP contribution in [-0.4, -0.2) is 40.2 Å². The number of rotatable bonds is 3. The summed E-state index contributed by atoms with van der Waals surface area (Å²) in [5.41, 5.74) is 6.63. The van der Waals surface area contributed by atoms with Crippen molar-refractivity contribution in [3.63, 3.8) is 0 Å². The van der Waals surface area contributed by atoms with Gasteiger partial charge in [-0.05, 0) is 31.4 Å². The molecule has 3 rings (SSSR count). The molecule has 2 fully saturated rings. The zero-order valence-electron chi connectivity index (χ0n) is 12.0. The molecule has 0 amide bonds. The van der Waals surface area contributed by atoms with Gasteiger partial charge in [0.25, 0.3) is 0 Å². The highest BCUT2D eigenvalue weighted by Crippen LogP contribution is 2.41. The van der Waals surface area contributed by atoms with Crippen molar-refractivity contribution in [3.8, 4) is 0 Å². The highest BCUT2D eigenvalue weighted by Gasteiger charge is 2.44. The number of aliphatic hydroxyl groups is 1. The number of aromatic nitrogens is 1. The summed E-state index contributed by atoms with van der Waals surface area (Å²) in [7, 11) is 0. The zero-order valence-corrected chi connectivity index (χ0v) is 12.0. The molecule has 1 saturated carbocycles. The molecule has 3 N–H and O–H groups in total. The normalized spacial score (nSPS) is 32.6. The third kappa shape index (κ3) is 2.60. The molecule has 1 aromatic rings. The van der Waals surface area contributed by atoms with E-state index in [2.05, 4.69) is 16.0 Å². The number of nitrogens with two attached hydrogens (primary N) is 1. The first-order chi connectivity index (χ1) is 9.73. The van der Waals surface area contributed by atoms with E-state index in [4.69, 9.17) is 5.73 Å². The van der Waals surface area contributed by atoms with Crippen molar-refractivity contribution in [2.75, 3.05) is 19.6 Å². The van der Waals surface area contributed by atoms with Gasteiger partial charge in [0.2, 0.25) is 0 Å². The van der Waals surface area contributed by atoms with Crippen molar-refractivity contribution in [1.82, 2.24) is 9.88 Å². The minimum Gasteiger partial charge on any atom is -0.390 e. The number of hydrogen-bond acceptors (Lipinski definition) is 4. The van der Waals surface area contributed by atoms with Crippen LogP contribution in [0.3, 0.4) is 0 Å². The zero-order chi connectivity index (χ0) is 14.0. The fourth-order valence-electron chi connectivity index (χ4n) is 3.91. The van der Waals surface area contributed by atoms with E-state index in [1.807, 2.05) is 18.3 Å². The minimum atomic E-state index is -0.419. The molecule has 20 heavy (non-hydrogen) atoms. The average Bonchev–Trinajstić information content (AvgIpc) is 2.49. The van der Waals surface area contributed by atoms with Gasteiger partial charge in [0.15, 0.2) is 0 Å². The first-order valence-corrected chi connectivity index (χ1v) is 7.80. The summed E-state index contributed by atoms with van der Waals surface area (Å²) in [5.74, 6) is 0.405. The van der Waals surface area contributed by atoms with Crippen molar-refractivity contribution >= 4 is 0 Å². The molecule has 0 aromatic carbocycles. The van der Waals surface area contributed by atoms with Crippen LogP contribution in [0.5, 0.6) is 0 Å². The lowest BCUT2D eigenvalue weighted by Crippen LogP contribution is -2.54. The number of piperidine rings is 1. The molecule has 1 aliphatic heterocycles. The molecule has 110 valence electrons. The summed E-state index contributed by atoms with van der Waals surface area (Å²) in [6.07, 6.45) is 7.25. The van der Waals surface area contributed by atoms with Gasteiger partial charge in [-0.2, -0.15) is 0 Å².